The van der Waals surface area contributed by atoms with Crippen molar-refractivity contribution in [2.75, 3.05) is 25.6 Å². The molecule has 0 aromatic heterocycles. The predicted molar refractivity (Wildman–Crippen MR) is 121 cm³/mol. The number of piperidine rings is 1. The average molecular weight is 464 g/mol. The fourth-order valence-corrected chi connectivity index (χ4v) is 4.15. The summed E-state index contributed by atoms with van der Waals surface area (Å²) in [6.45, 7) is 0.289. The lowest BCUT2D eigenvalue weighted by atomic mass is 10.0. The van der Waals surface area contributed by atoms with Crippen molar-refractivity contribution < 1.29 is 28.7 Å². The van der Waals surface area contributed by atoms with Gasteiger partial charge in [0.2, 0.25) is 17.7 Å². The van der Waals surface area contributed by atoms with Crippen LogP contribution in [0.15, 0.2) is 48.5 Å². The SMILES string of the molecule is COCC(NCC(=O)Nc1cccc2c1C(=O)N(C1CCC(=O)NC1=O)C2=O)c1ccccc1. The number of nitrogens with one attached hydrogen (secondary N) is 3. The van der Waals surface area contributed by atoms with E-state index in [1.165, 1.54) is 12.1 Å². The Morgan fingerprint density at radius 1 is 1.09 bits per heavy atom. The topological polar surface area (TPSA) is 134 Å². The number of hydrogen-bond donors (Lipinski definition) is 3. The number of anilines is 1. The van der Waals surface area contributed by atoms with Gasteiger partial charge in [0, 0.05) is 13.5 Å². The molecule has 4 rings (SSSR count). The van der Waals surface area contributed by atoms with Crippen LogP contribution in [-0.2, 0) is 19.1 Å². The summed E-state index contributed by atoms with van der Waals surface area (Å²) < 4.78 is 5.24. The molecule has 2 aliphatic heterocycles. The zero-order valence-corrected chi connectivity index (χ0v) is 18.5. The Labute approximate surface area is 195 Å². The van der Waals surface area contributed by atoms with Crippen LogP contribution >= 0.6 is 0 Å². The Morgan fingerprint density at radius 2 is 1.85 bits per heavy atom. The number of nitrogens with zero attached hydrogens (tertiary/aromatic N) is 1. The molecular formula is C24H24N4O6. The van der Waals surface area contributed by atoms with Crippen LogP contribution in [0.2, 0.25) is 0 Å². The molecule has 0 aliphatic carbocycles. The number of carbonyl (C=O) groups is 5. The van der Waals surface area contributed by atoms with Gasteiger partial charge in [-0.25, -0.2) is 0 Å². The summed E-state index contributed by atoms with van der Waals surface area (Å²) >= 11 is 0. The van der Waals surface area contributed by atoms with Gasteiger partial charge in [-0.3, -0.25) is 39.5 Å². The van der Waals surface area contributed by atoms with Gasteiger partial charge in [-0.05, 0) is 24.1 Å². The Kier molecular flexibility index (Phi) is 6.80. The van der Waals surface area contributed by atoms with Crippen LogP contribution in [0.4, 0.5) is 5.69 Å². The molecule has 5 amide bonds. The third kappa shape index (κ3) is 4.59. The lowest BCUT2D eigenvalue weighted by molar-refractivity contribution is -0.136. The van der Waals surface area contributed by atoms with Crippen LogP contribution in [0.5, 0.6) is 0 Å². The summed E-state index contributed by atoms with van der Waals surface area (Å²) in [7, 11) is 1.57. The third-order valence-corrected chi connectivity index (χ3v) is 5.79. The molecule has 1 fully saturated rings. The van der Waals surface area contributed by atoms with Crippen LogP contribution in [0.25, 0.3) is 0 Å². The van der Waals surface area contributed by atoms with Crippen molar-refractivity contribution >= 4 is 35.2 Å². The van der Waals surface area contributed by atoms with Crippen LogP contribution in [-0.4, -0.2) is 60.7 Å². The second kappa shape index (κ2) is 9.94. The van der Waals surface area contributed by atoms with Crippen molar-refractivity contribution in [1.29, 1.82) is 0 Å². The van der Waals surface area contributed by atoms with E-state index in [1.807, 2.05) is 30.3 Å². The molecular weight excluding hydrogens is 440 g/mol. The number of fused-ring (bicyclic) bond motifs is 1. The highest BCUT2D eigenvalue weighted by atomic mass is 16.5. The molecule has 3 N–H and O–H groups in total. The molecule has 0 bridgehead atoms. The van der Waals surface area contributed by atoms with Gasteiger partial charge in [-0.15, -0.1) is 0 Å². The fraction of sp³-hybridized carbons (Fsp3) is 0.292. The molecule has 2 unspecified atom stereocenters. The van der Waals surface area contributed by atoms with Gasteiger partial charge in [-0.2, -0.15) is 0 Å². The van der Waals surface area contributed by atoms with E-state index in [0.29, 0.717) is 6.61 Å². The normalized spacial score (nSPS) is 18.5. The van der Waals surface area contributed by atoms with Gasteiger partial charge in [-0.1, -0.05) is 36.4 Å². The molecule has 2 atom stereocenters. The van der Waals surface area contributed by atoms with E-state index in [0.717, 1.165) is 10.5 Å². The molecule has 176 valence electrons. The van der Waals surface area contributed by atoms with E-state index in [2.05, 4.69) is 16.0 Å². The van der Waals surface area contributed by atoms with Crippen LogP contribution in [0, 0.1) is 0 Å². The van der Waals surface area contributed by atoms with E-state index >= 15 is 0 Å². The van der Waals surface area contributed by atoms with Crippen molar-refractivity contribution in [3.63, 3.8) is 0 Å². The highest BCUT2D eigenvalue weighted by molar-refractivity contribution is 6.26. The van der Waals surface area contributed by atoms with Gasteiger partial charge in [0.15, 0.2) is 0 Å². The van der Waals surface area contributed by atoms with Crippen molar-refractivity contribution in [3.05, 3.63) is 65.2 Å². The van der Waals surface area contributed by atoms with Crippen LogP contribution in [0.1, 0.15) is 45.2 Å². The molecule has 10 heteroatoms. The van der Waals surface area contributed by atoms with Gasteiger partial charge in [0.25, 0.3) is 11.8 Å². The van der Waals surface area contributed by atoms with Gasteiger partial charge in [0.05, 0.1) is 36.0 Å². The Hall–Kier alpha value is -3.89. The van der Waals surface area contributed by atoms with E-state index in [-0.39, 0.29) is 42.2 Å². The zero-order chi connectivity index (χ0) is 24.2. The molecule has 2 aliphatic rings. The number of amides is 5. The van der Waals surface area contributed by atoms with Crippen molar-refractivity contribution in [2.24, 2.45) is 0 Å². The first-order valence-corrected chi connectivity index (χ1v) is 10.8. The van der Waals surface area contributed by atoms with Crippen molar-refractivity contribution in [2.45, 2.75) is 24.9 Å². The highest BCUT2D eigenvalue weighted by Crippen LogP contribution is 2.32. The lowest BCUT2D eigenvalue weighted by Gasteiger charge is -2.27. The van der Waals surface area contributed by atoms with Crippen LogP contribution < -0.4 is 16.0 Å². The quantitative estimate of drug-likeness (QED) is 0.496. The molecule has 1 saturated heterocycles. The minimum Gasteiger partial charge on any atom is -0.383 e. The largest absolute Gasteiger partial charge is 0.383 e. The number of imide groups is 2. The number of methoxy groups -OCH3 is 1. The van der Waals surface area contributed by atoms with E-state index in [4.69, 9.17) is 4.74 Å². The Morgan fingerprint density at radius 3 is 2.56 bits per heavy atom. The number of hydrogen-bond acceptors (Lipinski definition) is 7. The maximum atomic E-state index is 13.1. The average Bonchev–Trinajstić information content (AvgIpc) is 3.08. The minimum absolute atomic E-state index is 0.0297. The smallest absolute Gasteiger partial charge is 0.264 e. The molecule has 10 nitrogen and oxygen atoms in total. The second-order valence-corrected chi connectivity index (χ2v) is 8.02. The minimum atomic E-state index is -1.07. The summed E-state index contributed by atoms with van der Waals surface area (Å²) in [6.07, 6.45) is 0.0885. The number of carbonyl (C=O) groups excluding carboxylic acids is 5. The standard InChI is InChI=1S/C24H24N4O6/c1-34-13-17(14-6-3-2-4-7-14)25-12-20(30)26-16-9-5-8-15-21(16)24(33)28(23(15)32)18-10-11-19(29)27-22(18)31/h2-9,17-18,25H,10-13H2,1H3,(H,26,30)(H,27,29,31). The summed E-state index contributed by atoms with van der Waals surface area (Å²) in [4.78, 5) is 63.3. The molecule has 2 aromatic carbocycles. The maximum absolute atomic E-state index is 13.1. The zero-order valence-electron chi connectivity index (χ0n) is 18.5. The molecule has 0 radical (unpaired) electrons. The first-order valence-electron chi connectivity index (χ1n) is 10.8. The molecule has 0 saturated carbocycles. The van der Waals surface area contributed by atoms with E-state index in [1.54, 1.807) is 13.2 Å². The predicted octanol–water partition coefficient (Wildman–Crippen LogP) is 1.00. The maximum Gasteiger partial charge on any atom is 0.264 e. The molecule has 0 spiro atoms. The second-order valence-electron chi connectivity index (χ2n) is 8.02. The molecule has 34 heavy (non-hydrogen) atoms. The lowest BCUT2D eigenvalue weighted by Crippen LogP contribution is -2.54. The van der Waals surface area contributed by atoms with Gasteiger partial charge >= 0.3 is 0 Å². The van der Waals surface area contributed by atoms with E-state index in [9.17, 15) is 24.0 Å². The third-order valence-electron chi connectivity index (χ3n) is 5.79. The monoisotopic (exact) mass is 464 g/mol. The molecule has 2 heterocycles. The number of rotatable bonds is 8. The summed E-state index contributed by atoms with van der Waals surface area (Å²) in [5, 5.41) is 7.98. The number of ether oxygens (including phenoxy) is 1. The summed E-state index contributed by atoms with van der Waals surface area (Å²) in [6, 6.07) is 12.8. The highest BCUT2D eigenvalue weighted by Gasteiger charge is 2.45. The van der Waals surface area contributed by atoms with Crippen molar-refractivity contribution in [3.8, 4) is 0 Å². The van der Waals surface area contributed by atoms with Gasteiger partial charge in [0.1, 0.15) is 6.04 Å². The number of benzene rings is 2. The fourth-order valence-electron chi connectivity index (χ4n) is 4.15. The van der Waals surface area contributed by atoms with Gasteiger partial charge < -0.3 is 10.1 Å². The van der Waals surface area contributed by atoms with Crippen LogP contribution in [0.3, 0.4) is 0 Å². The van der Waals surface area contributed by atoms with Crippen molar-refractivity contribution in [1.82, 2.24) is 15.5 Å². The van der Waals surface area contributed by atoms with E-state index < -0.39 is 35.6 Å². The first kappa shape index (κ1) is 23.3. The molecule has 2 aromatic rings. The Balaban J connectivity index is 1.48. The summed E-state index contributed by atoms with van der Waals surface area (Å²) in [5.41, 5.74) is 1.27. The first-order chi connectivity index (χ1) is 16.4. The summed E-state index contributed by atoms with van der Waals surface area (Å²) in [5.74, 6) is -2.86. The Bertz CT molecular complexity index is 1150.